The van der Waals surface area contributed by atoms with Crippen molar-refractivity contribution < 1.29 is 14.3 Å². The van der Waals surface area contributed by atoms with Gasteiger partial charge in [0, 0.05) is 22.2 Å². The first-order valence-electron chi connectivity index (χ1n) is 9.54. The second-order valence-corrected chi connectivity index (χ2v) is 8.61. The van der Waals surface area contributed by atoms with Gasteiger partial charge >= 0.3 is 0 Å². The summed E-state index contributed by atoms with van der Waals surface area (Å²) in [5.74, 6) is 0.637. The Morgan fingerprint density at radius 3 is 2.62 bits per heavy atom. The van der Waals surface area contributed by atoms with Gasteiger partial charge in [0.1, 0.15) is 16.5 Å². The molecule has 0 bridgehead atoms. The molecule has 0 saturated heterocycles. The molecule has 1 N–H and O–H groups in total. The molecule has 8 heteroatoms. The molecule has 4 rings (SSSR count). The molecule has 1 heterocycles. The summed E-state index contributed by atoms with van der Waals surface area (Å²) in [6.07, 6.45) is 2.98. The summed E-state index contributed by atoms with van der Waals surface area (Å²) < 4.78 is 11.8. The number of thiazole rings is 1. The van der Waals surface area contributed by atoms with Gasteiger partial charge in [-0.15, -0.1) is 11.3 Å². The molecule has 3 aromatic carbocycles. The van der Waals surface area contributed by atoms with Gasteiger partial charge in [0.15, 0.2) is 0 Å². The molecule has 0 atom stereocenters. The summed E-state index contributed by atoms with van der Waals surface area (Å²) in [5.41, 5.74) is 2.95. The number of methoxy groups -OCH3 is 2. The van der Waals surface area contributed by atoms with Crippen LogP contribution >= 0.6 is 34.5 Å². The molecule has 0 saturated carbocycles. The van der Waals surface area contributed by atoms with Crippen LogP contribution in [0, 0.1) is 0 Å². The highest BCUT2D eigenvalue weighted by Crippen LogP contribution is 2.35. The van der Waals surface area contributed by atoms with E-state index in [1.807, 2.05) is 36.4 Å². The number of fused-ring (bicyclic) bond motifs is 1. The van der Waals surface area contributed by atoms with Crippen LogP contribution in [0.3, 0.4) is 0 Å². The van der Waals surface area contributed by atoms with E-state index in [0.717, 1.165) is 20.8 Å². The summed E-state index contributed by atoms with van der Waals surface area (Å²) in [7, 11) is 3.06. The molecule has 0 radical (unpaired) electrons. The number of hydrogen-bond donors (Lipinski definition) is 1. The van der Waals surface area contributed by atoms with Crippen molar-refractivity contribution in [2.24, 2.45) is 0 Å². The number of carbonyl (C=O) groups is 1. The fourth-order valence-corrected chi connectivity index (χ4v) is 4.74. The standard InChI is InChI=1S/C24H18Cl2N2O3S/c1-30-20-9-7-15(24-28-18-5-3-4-6-21(18)32-24)12-19(20)27-22(29)10-8-14-11-16(25)13-17(26)23(14)31-2/h3-13H,1-2H3,(H,27,29)/b10-8+. The topological polar surface area (TPSA) is 60.5 Å². The molecular weight excluding hydrogens is 467 g/mol. The Morgan fingerprint density at radius 2 is 1.88 bits per heavy atom. The molecular formula is C24H18Cl2N2O3S. The van der Waals surface area contributed by atoms with Crippen molar-refractivity contribution in [3.05, 3.63) is 76.3 Å². The number of rotatable bonds is 6. The lowest BCUT2D eigenvalue weighted by atomic mass is 10.1. The second-order valence-electron chi connectivity index (χ2n) is 6.73. The minimum absolute atomic E-state index is 0.345. The minimum Gasteiger partial charge on any atom is -0.495 e. The maximum Gasteiger partial charge on any atom is 0.248 e. The van der Waals surface area contributed by atoms with Gasteiger partial charge in [0.25, 0.3) is 0 Å². The maximum atomic E-state index is 12.6. The number of halogens is 2. The summed E-state index contributed by atoms with van der Waals surface area (Å²) in [6, 6.07) is 16.8. The smallest absolute Gasteiger partial charge is 0.248 e. The first kappa shape index (κ1) is 22.1. The second kappa shape index (κ2) is 9.61. The number of aromatic nitrogens is 1. The highest BCUT2D eigenvalue weighted by molar-refractivity contribution is 7.21. The van der Waals surface area contributed by atoms with Gasteiger partial charge in [0.2, 0.25) is 5.91 Å². The van der Waals surface area contributed by atoms with E-state index in [9.17, 15) is 4.79 Å². The number of anilines is 1. The normalized spacial score (nSPS) is 11.1. The molecule has 32 heavy (non-hydrogen) atoms. The molecule has 0 aliphatic heterocycles. The van der Waals surface area contributed by atoms with Gasteiger partial charge in [-0.1, -0.05) is 35.3 Å². The van der Waals surface area contributed by atoms with Crippen molar-refractivity contribution in [1.29, 1.82) is 0 Å². The lowest BCUT2D eigenvalue weighted by Crippen LogP contribution is -2.09. The average molecular weight is 485 g/mol. The highest BCUT2D eigenvalue weighted by atomic mass is 35.5. The fraction of sp³-hybridized carbons (Fsp3) is 0.0833. The first-order chi connectivity index (χ1) is 15.5. The third-order valence-corrected chi connectivity index (χ3v) is 6.24. The van der Waals surface area contributed by atoms with E-state index in [2.05, 4.69) is 10.3 Å². The largest absolute Gasteiger partial charge is 0.495 e. The Kier molecular flexibility index (Phi) is 6.65. The Labute approximate surface area is 199 Å². The Hall–Kier alpha value is -3.06. The van der Waals surface area contributed by atoms with Crippen molar-refractivity contribution in [3.8, 4) is 22.1 Å². The third-order valence-electron chi connectivity index (χ3n) is 4.65. The Bertz CT molecular complexity index is 1300. The van der Waals surface area contributed by atoms with Gasteiger partial charge < -0.3 is 14.8 Å². The zero-order chi connectivity index (χ0) is 22.7. The number of nitrogens with one attached hydrogen (secondary N) is 1. The fourth-order valence-electron chi connectivity index (χ4n) is 3.19. The lowest BCUT2D eigenvalue weighted by Gasteiger charge is -2.11. The van der Waals surface area contributed by atoms with Crippen LogP contribution in [0.5, 0.6) is 11.5 Å². The number of para-hydroxylation sites is 1. The molecule has 1 amide bonds. The molecule has 4 aromatic rings. The molecule has 0 aliphatic carbocycles. The van der Waals surface area contributed by atoms with Gasteiger partial charge in [-0.25, -0.2) is 4.98 Å². The highest BCUT2D eigenvalue weighted by Gasteiger charge is 2.12. The summed E-state index contributed by atoms with van der Waals surface area (Å²) >= 11 is 13.8. The van der Waals surface area contributed by atoms with E-state index >= 15 is 0 Å². The minimum atomic E-state index is -0.345. The van der Waals surface area contributed by atoms with Crippen molar-refractivity contribution >= 4 is 62.4 Å². The van der Waals surface area contributed by atoms with E-state index < -0.39 is 0 Å². The number of nitrogens with zero attached hydrogens (tertiary/aromatic N) is 1. The first-order valence-corrected chi connectivity index (χ1v) is 11.1. The zero-order valence-corrected chi connectivity index (χ0v) is 19.5. The van der Waals surface area contributed by atoms with Crippen LogP contribution < -0.4 is 14.8 Å². The van der Waals surface area contributed by atoms with E-state index in [1.54, 1.807) is 42.7 Å². The maximum absolute atomic E-state index is 12.6. The van der Waals surface area contributed by atoms with E-state index in [-0.39, 0.29) is 5.91 Å². The van der Waals surface area contributed by atoms with Gasteiger partial charge in [-0.2, -0.15) is 0 Å². The van der Waals surface area contributed by atoms with Crippen molar-refractivity contribution in [1.82, 2.24) is 4.98 Å². The van der Waals surface area contributed by atoms with E-state index in [0.29, 0.717) is 32.8 Å². The molecule has 162 valence electrons. The monoisotopic (exact) mass is 484 g/mol. The molecule has 0 aliphatic rings. The van der Waals surface area contributed by atoms with Gasteiger partial charge in [0.05, 0.1) is 35.1 Å². The molecule has 5 nitrogen and oxygen atoms in total. The van der Waals surface area contributed by atoms with Crippen LogP contribution in [0.4, 0.5) is 5.69 Å². The Morgan fingerprint density at radius 1 is 1.06 bits per heavy atom. The Balaban J connectivity index is 1.60. The van der Waals surface area contributed by atoms with Gasteiger partial charge in [-0.3, -0.25) is 4.79 Å². The van der Waals surface area contributed by atoms with E-state index in [4.69, 9.17) is 32.7 Å². The van der Waals surface area contributed by atoms with Crippen LogP contribution in [-0.4, -0.2) is 25.1 Å². The summed E-state index contributed by atoms with van der Waals surface area (Å²) in [5, 5.41) is 4.53. The molecule has 0 fully saturated rings. The van der Waals surface area contributed by atoms with Crippen molar-refractivity contribution in [2.45, 2.75) is 0 Å². The predicted molar refractivity (Wildman–Crippen MR) is 132 cm³/mol. The number of hydrogen-bond acceptors (Lipinski definition) is 5. The summed E-state index contributed by atoms with van der Waals surface area (Å²) in [6.45, 7) is 0. The summed E-state index contributed by atoms with van der Waals surface area (Å²) in [4.78, 5) is 17.3. The van der Waals surface area contributed by atoms with Crippen molar-refractivity contribution in [2.75, 3.05) is 19.5 Å². The average Bonchev–Trinajstić information content (AvgIpc) is 3.22. The SMILES string of the molecule is COc1ccc(-c2nc3ccccc3s2)cc1NC(=O)/C=C/c1cc(Cl)cc(Cl)c1OC. The van der Waals surface area contributed by atoms with Crippen LogP contribution in [0.25, 0.3) is 26.9 Å². The molecule has 0 unspecified atom stereocenters. The number of carbonyl (C=O) groups excluding carboxylic acids is 1. The number of amides is 1. The number of ether oxygens (including phenoxy) is 2. The van der Waals surface area contributed by atoms with Crippen molar-refractivity contribution in [3.63, 3.8) is 0 Å². The van der Waals surface area contributed by atoms with Crippen LogP contribution in [0.2, 0.25) is 10.0 Å². The quantitative estimate of drug-likeness (QED) is 0.301. The van der Waals surface area contributed by atoms with Gasteiger partial charge in [-0.05, 0) is 48.5 Å². The third kappa shape index (κ3) is 4.72. The van der Waals surface area contributed by atoms with E-state index in [1.165, 1.54) is 13.2 Å². The zero-order valence-electron chi connectivity index (χ0n) is 17.2. The van der Waals surface area contributed by atoms with Crippen LogP contribution in [0.15, 0.2) is 60.7 Å². The number of benzene rings is 3. The molecule has 0 spiro atoms. The molecule has 1 aromatic heterocycles. The predicted octanol–water partition coefficient (Wildman–Crippen LogP) is 6.94. The lowest BCUT2D eigenvalue weighted by molar-refractivity contribution is -0.111. The van der Waals surface area contributed by atoms with Crippen LogP contribution in [-0.2, 0) is 4.79 Å². The van der Waals surface area contributed by atoms with Crippen LogP contribution in [0.1, 0.15) is 5.56 Å².